The molecule has 2 rings (SSSR count). The predicted octanol–water partition coefficient (Wildman–Crippen LogP) is 3.56. The molecule has 0 spiro atoms. The zero-order valence-corrected chi connectivity index (χ0v) is 11.7. The molecule has 18 heavy (non-hydrogen) atoms. The van der Waals surface area contributed by atoms with E-state index >= 15 is 0 Å². The van der Waals surface area contributed by atoms with Gasteiger partial charge in [0.1, 0.15) is 5.75 Å². The monoisotopic (exact) mass is 262 g/mol. The molecule has 0 radical (unpaired) electrons. The Hall–Kier alpha value is -1.39. The molecule has 0 bridgehead atoms. The number of thiazole rings is 1. The van der Waals surface area contributed by atoms with Crippen molar-refractivity contribution in [2.45, 2.75) is 25.9 Å². The van der Waals surface area contributed by atoms with Crippen LogP contribution in [-0.4, -0.2) is 12.1 Å². The molecule has 0 aliphatic carbocycles. The van der Waals surface area contributed by atoms with Crippen molar-refractivity contribution in [1.82, 2.24) is 10.3 Å². The van der Waals surface area contributed by atoms with Crippen LogP contribution in [0.5, 0.6) is 5.75 Å². The molecule has 2 aromatic rings. The van der Waals surface area contributed by atoms with E-state index < -0.39 is 0 Å². The van der Waals surface area contributed by atoms with Crippen molar-refractivity contribution in [3.05, 3.63) is 46.4 Å². The summed E-state index contributed by atoms with van der Waals surface area (Å²) in [5.74, 6) is 0.891. The van der Waals surface area contributed by atoms with E-state index in [2.05, 4.69) is 41.7 Å². The molecule has 0 aliphatic rings. The van der Waals surface area contributed by atoms with Gasteiger partial charge in [-0.3, -0.25) is 0 Å². The Bertz CT molecular complexity index is 484. The van der Waals surface area contributed by atoms with Crippen LogP contribution in [-0.2, 0) is 0 Å². The summed E-state index contributed by atoms with van der Waals surface area (Å²) in [4.78, 5) is 4.33. The molecular weight excluding hydrogens is 244 g/mol. The quantitative estimate of drug-likeness (QED) is 0.894. The van der Waals surface area contributed by atoms with Gasteiger partial charge in [0.2, 0.25) is 0 Å². The first-order valence-electron chi connectivity index (χ1n) is 5.99. The Kier molecular flexibility index (Phi) is 4.33. The summed E-state index contributed by atoms with van der Waals surface area (Å²) in [6.45, 7) is 4.28. The third-order valence-electron chi connectivity index (χ3n) is 2.99. The van der Waals surface area contributed by atoms with Crippen molar-refractivity contribution in [3.8, 4) is 5.75 Å². The van der Waals surface area contributed by atoms with Crippen LogP contribution in [0.15, 0.2) is 35.2 Å². The minimum absolute atomic E-state index is 0.248. The van der Waals surface area contributed by atoms with Gasteiger partial charge in [0.25, 0.3) is 0 Å². The molecule has 1 aromatic carbocycles. The SMILES string of the molecule is COc1cccc([C@H](C)NC(C)c2cscn2)c1. The summed E-state index contributed by atoms with van der Waals surface area (Å²) in [7, 11) is 1.69. The van der Waals surface area contributed by atoms with E-state index in [9.17, 15) is 0 Å². The number of hydrogen-bond acceptors (Lipinski definition) is 4. The summed E-state index contributed by atoms with van der Waals surface area (Å²) in [5, 5.41) is 5.62. The largest absolute Gasteiger partial charge is 0.497 e. The maximum Gasteiger partial charge on any atom is 0.119 e. The fourth-order valence-electron chi connectivity index (χ4n) is 1.90. The van der Waals surface area contributed by atoms with Gasteiger partial charge in [0.15, 0.2) is 0 Å². The highest BCUT2D eigenvalue weighted by molar-refractivity contribution is 7.07. The summed E-state index contributed by atoms with van der Waals surface area (Å²) in [5.41, 5.74) is 4.18. The van der Waals surface area contributed by atoms with E-state index in [4.69, 9.17) is 4.74 Å². The van der Waals surface area contributed by atoms with Crippen molar-refractivity contribution >= 4 is 11.3 Å². The molecule has 0 saturated carbocycles. The second-order valence-electron chi connectivity index (χ2n) is 4.30. The number of nitrogens with one attached hydrogen (secondary N) is 1. The second kappa shape index (κ2) is 5.98. The lowest BCUT2D eigenvalue weighted by Crippen LogP contribution is -2.22. The average molecular weight is 262 g/mol. The van der Waals surface area contributed by atoms with Crippen molar-refractivity contribution in [3.63, 3.8) is 0 Å². The molecule has 1 N–H and O–H groups in total. The zero-order chi connectivity index (χ0) is 13.0. The Balaban J connectivity index is 2.04. The molecule has 4 heteroatoms. The highest BCUT2D eigenvalue weighted by Gasteiger charge is 2.12. The van der Waals surface area contributed by atoms with E-state index in [-0.39, 0.29) is 12.1 Å². The van der Waals surface area contributed by atoms with E-state index in [1.165, 1.54) is 5.56 Å². The molecule has 0 fully saturated rings. The van der Waals surface area contributed by atoms with Gasteiger partial charge in [0.05, 0.1) is 18.3 Å². The third kappa shape index (κ3) is 3.09. The molecule has 96 valence electrons. The van der Waals surface area contributed by atoms with Crippen LogP contribution in [0, 0.1) is 0 Å². The van der Waals surface area contributed by atoms with E-state index in [0.29, 0.717) is 0 Å². The lowest BCUT2D eigenvalue weighted by atomic mass is 10.1. The van der Waals surface area contributed by atoms with Crippen LogP contribution in [0.25, 0.3) is 0 Å². The van der Waals surface area contributed by atoms with Crippen LogP contribution in [0.1, 0.15) is 37.2 Å². The molecule has 0 aliphatic heterocycles. The molecule has 0 saturated heterocycles. The van der Waals surface area contributed by atoms with Crippen molar-refractivity contribution in [2.24, 2.45) is 0 Å². The highest BCUT2D eigenvalue weighted by Crippen LogP contribution is 2.22. The molecule has 3 nitrogen and oxygen atoms in total. The number of ether oxygens (including phenoxy) is 1. The standard InChI is InChI=1S/C14H18N2OS/c1-10(12-5-4-6-13(7-12)17-3)16-11(2)14-8-18-9-15-14/h4-11,16H,1-3H3/t10-,11?/m0/s1. The summed E-state index contributed by atoms with van der Waals surface area (Å²) in [6.07, 6.45) is 0. The number of nitrogens with zero attached hydrogens (tertiary/aromatic N) is 1. The third-order valence-corrected chi connectivity index (χ3v) is 3.59. The molecular formula is C14H18N2OS. The molecule has 2 atom stereocenters. The predicted molar refractivity (Wildman–Crippen MR) is 75.1 cm³/mol. The van der Waals surface area contributed by atoms with Crippen LogP contribution in [0.4, 0.5) is 0 Å². The van der Waals surface area contributed by atoms with Crippen LogP contribution < -0.4 is 10.1 Å². The number of rotatable bonds is 5. The van der Waals surface area contributed by atoms with E-state index in [1.54, 1.807) is 18.4 Å². The van der Waals surface area contributed by atoms with Crippen LogP contribution in [0.3, 0.4) is 0 Å². The minimum Gasteiger partial charge on any atom is -0.497 e. The normalized spacial score (nSPS) is 14.2. The van der Waals surface area contributed by atoms with E-state index in [0.717, 1.165) is 11.4 Å². The highest BCUT2D eigenvalue weighted by atomic mass is 32.1. The zero-order valence-electron chi connectivity index (χ0n) is 10.9. The molecule has 1 unspecified atom stereocenters. The van der Waals surface area contributed by atoms with Gasteiger partial charge in [-0.15, -0.1) is 11.3 Å². The van der Waals surface area contributed by atoms with Gasteiger partial charge in [-0.25, -0.2) is 4.98 Å². The number of hydrogen-bond donors (Lipinski definition) is 1. The Morgan fingerprint density at radius 2 is 2.11 bits per heavy atom. The Morgan fingerprint density at radius 1 is 1.28 bits per heavy atom. The van der Waals surface area contributed by atoms with Gasteiger partial charge in [-0.1, -0.05) is 12.1 Å². The number of aromatic nitrogens is 1. The average Bonchev–Trinajstić information content (AvgIpc) is 2.92. The second-order valence-corrected chi connectivity index (χ2v) is 5.02. The van der Waals surface area contributed by atoms with Gasteiger partial charge < -0.3 is 10.1 Å². The molecule has 1 heterocycles. The first-order chi connectivity index (χ1) is 8.70. The van der Waals surface area contributed by atoms with E-state index in [1.807, 2.05) is 17.6 Å². The fourth-order valence-corrected chi connectivity index (χ4v) is 2.55. The minimum atomic E-state index is 0.248. The first kappa shape index (κ1) is 13.1. The van der Waals surface area contributed by atoms with Gasteiger partial charge in [0, 0.05) is 17.5 Å². The summed E-state index contributed by atoms with van der Waals surface area (Å²) in [6, 6.07) is 8.65. The van der Waals surface area contributed by atoms with Crippen LogP contribution >= 0.6 is 11.3 Å². The summed E-state index contributed by atoms with van der Waals surface area (Å²) < 4.78 is 5.24. The van der Waals surface area contributed by atoms with Gasteiger partial charge in [-0.2, -0.15) is 0 Å². The summed E-state index contributed by atoms with van der Waals surface area (Å²) >= 11 is 1.63. The van der Waals surface area contributed by atoms with Crippen molar-refractivity contribution < 1.29 is 4.74 Å². The number of benzene rings is 1. The lowest BCUT2D eigenvalue weighted by Gasteiger charge is -2.19. The van der Waals surface area contributed by atoms with Crippen molar-refractivity contribution in [2.75, 3.05) is 7.11 Å². The molecule has 0 amide bonds. The maximum absolute atomic E-state index is 5.24. The first-order valence-corrected chi connectivity index (χ1v) is 6.93. The molecule has 1 aromatic heterocycles. The van der Waals surface area contributed by atoms with Gasteiger partial charge >= 0.3 is 0 Å². The maximum atomic E-state index is 5.24. The fraction of sp³-hybridized carbons (Fsp3) is 0.357. The van der Waals surface area contributed by atoms with Crippen molar-refractivity contribution in [1.29, 1.82) is 0 Å². The number of methoxy groups -OCH3 is 1. The topological polar surface area (TPSA) is 34.1 Å². The Labute approximate surface area is 112 Å². The van der Waals surface area contributed by atoms with Gasteiger partial charge in [-0.05, 0) is 31.5 Å². The smallest absolute Gasteiger partial charge is 0.119 e. The Morgan fingerprint density at radius 3 is 2.78 bits per heavy atom. The van der Waals surface area contributed by atoms with Crippen LogP contribution in [0.2, 0.25) is 0 Å². The lowest BCUT2D eigenvalue weighted by molar-refractivity contribution is 0.412.